The van der Waals surface area contributed by atoms with E-state index in [0.29, 0.717) is 24.4 Å². The Labute approximate surface area is 321 Å². The van der Waals surface area contributed by atoms with E-state index in [4.69, 9.17) is 14.5 Å². The molecule has 2 fully saturated rings. The molecule has 0 spiro atoms. The molecule has 6 rings (SSSR count). The van der Waals surface area contributed by atoms with Crippen molar-refractivity contribution in [3.63, 3.8) is 0 Å². The number of imidazole rings is 2. The normalized spacial score (nSPS) is 18.7. The molecule has 55 heavy (non-hydrogen) atoms. The largest absolute Gasteiger partial charge is 0.453 e. The van der Waals surface area contributed by atoms with Gasteiger partial charge in [0.1, 0.15) is 17.7 Å². The zero-order valence-corrected chi connectivity index (χ0v) is 32.1. The summed E-state index contributed by atoms with van der Waals surface area (Å²) in [4.78, 5) is 69.0. The predicted molar refractivity (Wildman–Crippen MR) is 207 cm³/mol. The number of nitrogens with one attached hydrogen (secondary N) is 4. The number of alkyl carbamates (subject to hydrolysis) is 1. The molecule has 3 heterocycles. The highest BCUT2D eigenvalue weighted by Gasteiger charge is 2.38. The lowest BCUT2D eigenvalue weighted by molar-refractivity contribution is -0.142. The van der Waals surface area contributed by atoms with Crippen LogP contribution in [0, 0.1) is 5.92 Å². The monoisotopic (exact) mass is 750 g/mol. The minimum atomic E-state index is -0.881. The maximum absolute atomic E-state index is 13.7. The zero-order valence-electron chi connectivity index (χ0n) is 32.1. The maximum atomic E-state index is 13.7. The zero-order chi connectivity index (χ0) is 39.2. The average molecular weight is 751 g/mol. The molecule has 14 nitrogen and oxygen atoms in total. The fourth-order valence-corrected chi connectivity index (χ4v) is 7.58. The summed E-state index contributed by atoms with van der Waals surface area (Å²) in [5.74, 6) is 0.681. The van der Waals surface area contributed by atoms with E-state index in [1.54, 1.807) is 18.0 Å². The van der Waals surface area contributed by atoms with Gasteiger partial charge in [0, 0.05) is 24.4 Å². The molecule has 1 saturated carbocycles. The van der Waals surface area contributed by atoms with Crippen LogP contribution in [-0.4, -0.2) is 86.7 Å². The summed E-state index contributed by atoms with van der Waals surface area (Å²) in [6.45, 7) is 9.87. The van der Waals surface area contributed by atoms with Crippen LogP contribution in [0.25, 0.3) is 33.6 Å². The molecular formula is C41H50N8O6. The van der Waals surface area contributed by atoms with Crippen LogP contribution in [0.1, 0.15) is 82.9 Å². The number of benzene rings is 2. The smallest absolute Gasteiger partial charge is 0.425 e. The van der Waals surface area contributed by atoms with Crippen LogP contribution in [0.3, 0.4) is 0 Å². The Balaban J connectivity index is 1.12. The third kappa shape index (κ3) is 8.58. The highest BCUT2D eigenvalue weighted by atomic mass is 16.5. The quantitative estimate of drug-likeness (QED) is 0.100. The molecule has 1 aliphatic carbocycles. The van der Waals surface area contributed by atoms with Gasteiger partial charge in [-0.25, -0.2) is 30.0 Å². The summed E-state index contributed by atoms with van der Waals surface area (Å²) >= 11 is 0. The number of rotatable bonds is 10. The summed E-state index contributed by atoms with van der Waals surface area (Å²) in [7, 11) is 2.54. The number of methoxy groups -OCH3 is 2. The van der Waals surface area contributed by atoms with Crippen LogP contribution >= 0.6 is 0 Å². The van der Waals surface area contributed by atoms with Gasteiger partial charge in [0.25, 0.3) is 0 Å². The van der Waals surface area contributed by atoms with Crippen molar-refractivity contribution in [1.29, 1.82) is 0 Å². The van der Waals surface area contributed by atoms with Gasteiger partial charge in [-0.1, -0.05) is 68.0 Å². The molecule has 2 aromatic heterocycles. The van der Waals surface area contributed by atoms with Gasteiger partial charge in [0.05, 0.1) is 44.0 Å². The molecule has 4 atom stereocenters. The third-order valence-electron chi connectivity index (χ3n) is 10.5. The van der Waals surface area contributed by atoms with Crippen LogP contribution in [0.5, 0.6) is 0 Å². The highest BCUT2D eigenvalue weighted by Crippen LogP contribution is 2.39. The van der Waals surface area contributed by atoms with Gasteiger partial charge in [-0.15, -0.1) is 0 Å². The van der Waals surface area contributed by atoms with Crippen molar-refractivity contribution in [1.82, 2.24) is 40.6 Å². The van der Waals surface area contributed by atoms with Crippen LogP contribution in [0.15, 0.2) is 73.1 Å². The number of ether oxygens (including phenoxy) is 2. The van der Waals surface area contributed by atoms with Gasteiger partial charge >= 0.3 is 12.2 Å². The standard InChI is InChI=1S/C41H50N8O6/c1-24(2)35(46-40(52)54-5)39(51)48-21-9-12-34(48)37-43-23-33(45-37)29-19-15-27(16-20-29)26-13-17-28(18-14-26)32-22-42-36(44-32)30-10-7-8-11-31(30)38(50)49(25(3)4)47-41(53)55-6/h13-20,22-23,25,30-31,34-35H,1,7-12,21H2,2-6H3,(H,42,44)(H,43,45)(H,46,52)(H,47,53)/t30-,31+,34-,35-/m0/s1. The highest BCUT2D eigenvalue weighted by molar-refractivity contribution is 5.89. The predicted octanol–water partition coefficient (Wildman–Crippen LogP) is 6.88. The van der Waals surface area contributed by atoms with Gasteiger partial charge in [-0.3, -0.25) is 9.59 Å². The Kier molecular flexibility index (Phi) is 12.0. The Morgan fingerprint density at radius 3 is 1.91 bits per heavy atom. The molecule has 4 N–H and O–H groups in total. The van der Waals surface area contributed by atoms with E-state index >= 15 is 0 Å². The van der Waals surface area contributed by atoms with Crippen molar-refractivity contribution in [3.05, 3.63) is 84.7 Å². The average Bonchev–Trinajstić information content (AvgIpc) is 4.00. The molecule has 14 heteroatoms. The van der Waals surface area contributed by atoms with Crippen molar-refractivity contribution < 1.29 is 28.7 Å². The van der Waals surface area contributed by atoms with Crippen molar-refractivity contribution >= 4 is 24.0 Å². The number of hydrogen-bond acceptors (Lipinski definition) is 8. The summed E-state index contributed by atoms with van der Waals surface area (Å²) in [6, 6.07) is 15.1. The third-order valence-corrected chi connectivity index (χ3v) is 10.5. The van der Waals surface area contributed by atoms with Gasteiger partial charge < -0.3 is 29.7 Å². The first-order chi connectivity index (χ1) is 26.5. The van der Waals surface area contributed by atoms with Crippen LogP contribution in [0.4, 0.5) is 9.59 Å². The first kappa shape index (κ1) is 38.8. The second-order valence-corrected chi connectivity index (χ2v) is 14.5. The Morgan fingerprint density at radius 1 is 0.800 bits per heavy atom. The molecule has 2 aliphatic rings. The van der Waals surface area contributed by atoms with Crippen molar-refractivity contribution in [2.24, 2.45) is 5.92 Å². The number of carbonyl (C=O) groups is 4. The molecule has 4 amide bonds. The van der Waals surface area contributed by atoms with Gasteiger partial charge in [0.15, 0.2) is 0 Å². The van der Waals surface area contributed by atoms with E-state index in [-0.39, 0.29) is 35.7 Å². The number of aromatic amines is 2. The Bertz CT molecular complexity index is 2000. The first-order valence-electron chi connectivity index (χ1n) is 18.8. The Morgan fingerprint density at radius 2 is 1.35 bits per heavy atom. The molecule has 0 unspecified atom stereocenters. The number of hydrogen-bond donors (Lipinski definition) is 4. The summed E-state index contributed by atoms with van der Waals surface area (Å²) < 4.78 is 9.46. The number of hydrazine groups is 1. The van der Waals surface area contributed by atoms with Gasteiger partial charge in [-0.05, 0) is 74.3 Å². The van der Waals surface area contributed by atoms with E-state index in [0.717, 1.165) is 71.6 Å². The molecule has 2 aromatic carbocycles. The van der Waals surface area contributed by atoms with E-state index in [2.05, 4.69) is 68.7 Å². The van der Waals surface area contributed by atoms with Crippen LogP contribution in [-0.2, 0) is 19.1 Å². The number of aromatic nitrogens is 4. The van der Waals surface area contributed by atoms with Gasteiger partial charge in [0.2, 0.25) is 11.8 Å². The van der Waals surface area contributed by atoms with E-state index < -0.39 is 18.2 Å². The number of likely N-dealkylation sites (tertiary alicyclic amines) is 1. The number of carbonyl (C=O) groups excluding carboxylic acids is 4. The van der Waals surface area contributed by atoms with E-state index in [9.17, 15) is 19.2 Å². The molecule has 0 radical (unpaired) electrons. The molecular weight excluding hydrogens is 701 g/mol. The summed E-state index contributed by atoms with van der Waals surface area (Å²) in [5.41, 5.74) is 8.87. The summed E-state index contributed by atoms with van der Waals surface area (Å²) in [5, 5.41) is 3.97. The number of nitrogens with zero attached hydrogens (tertiary/aromatic N) is 4. The van der Waals surface area contributed by atoms with Crippen molar-refractivity contribution in [2.45, 2.75) is 83.3 Å². The minimum absolute atomic E-state index is 0.0942. The molecule has 0 bridgehead atoms. The van der Waals surface area contributed by atoms with Gasteiger partial charge in [-0.2, -0.15) is 0 Å². The molecule has 1 saturated heterocycles. The molecule has 4 aromatic rings. The minimum Gasteiger partial charge on any atom is -0.453 e. The number of amides is 4. The fourth-order valence-electron chi connectivity index (χ4n) is 7.58. The molecule has 1 aliphatic heterocycles. The lowest BCUT2D eigenvalue weighted by Crippen LogP contribution is -2.53. The summed E-state index contributed by atoms with van der Waals surface area (Å²) in [6.07, 6.45) is 7.30. The van der Waals surface area contributed by atoms with Crippen molar-refractivity contribution in [2.75, 3.05) is 20.8 Å². The van der Waals surface area contributed by atoms with Crippen LogP contribution in [0.2, 0.25) is 0 Å². The second-order valence-electron chi connectivity index (χ2n) is 14.5. The van der Waals surface area contributed by atoms with E-state index in [1.165, 1.54) is 19.2 Å². The Hall–Kier alpha value is -5.92. The van der Waals surface area contributed by atoms with E-state index in [1.807, 2.05) is 32.2 Å². The fraction of sp³-hybridized carbons (Fsp3) is 0.415. The second kappa shape index (κ2) is 17.0. The number of H-pyrrole nitrogens is 2. The first-order valence-corrected chi connectivity index (χ1v) is 18.8. The maximum Gasteiger partial charge on any atom is 0.425 e. The topological polar surface area (TPSA) is 175 Å². The van der Waals surface area contributed by atoms with Crippen LogP contribution < -0.4 is 10.7 Å². The molecule has 290 valence electrons. The lowest BCUT2D eigenvalue weighted by Gasteiger charge is -2.35. The SMILES string of the molecule is C=C(C)[C@H](NC(=O)OC)C(=O)N1CCC[C@H]1c1ncc(-c2ccc(-c3ccc(-c4cnc([C@H]5CCCC[C@H]5C(=O)N(NC(=O)OC)C(C)C)[nH]4)cc3)cc2)[nH]1. The van der Waals surface area contributed by atoms with Crippen molar-refractivity contribution in [3.8, 4) is 33.6 Å². The lowest BCUT2D eigenvalue weighted by atomic mass is 9.78.